The highest BCUT2D eigenvalue weighted by Crippen LogP contribution is 2.22. The lowest BCUT2D eigenvalue weighted by atomic mass is 10.1. The maximum Gasteiger partial charge on any atom is 0.260 e. The van der Waals surface area contributed by atoms with E-state index in [1.54, 1.807) is 27.9 Å². The molecule has 1 N–H and O–H groups in total. The maximum absolute atomic E-state index is 13.1. The van der Waals surface area contributed by atoms with Gasteiger partial charge in [0.2, 0.25) is 0 Å². The second-order valence-corrected chi connectivity index (χ2v) is 5.71. The Morgan fingerprint density at radius 2 is 2.17 bits per heavy atom. The second kappa shape index (κ2) is 7.39. The molecule has 1 saturated heterocycles. The van der Waals surface area contributed by atoms with Crippen LogP contribution in [0.15, 0.2) is 30.5 Å². The minimum atomic E-state index is -0.393. The molecule has 1 amide bonds. The van der Waals surface area contributed by atoms with Crippen molar-refractivity contribution in [2.24, 2.45) is 0 Å². The summed E-state index contributed by atoms with van der Waals surface area (Å²) in [6.07, 6.45) is 3.26. The number of halogens is 1. The van der Waals surface area contributed by atoms with Gasteiger partial charge < -0.3 is 14.7 Å². The number of benzene rings is 1. The molecule has 1 aliphatic heterocycles. The van der Waals surface area contributed by atoms with Crippen molar-refractivity contribution in [1.29, 1.82) is 0 Å². The van der Waals surface area contributed by atoms with Gasteiger partial charge in [0.1, 0.15) is 17.3 Å². The molecule has 0 spiro atoms. The smallest absolute Gasteiger partial charge is 0.260 e. The van der Waals surface area contributed by atoms with E-state index in [0.717, 1.165) is 12.8 Å². The fraction of sp³-hybridized carbons (Fsp3) is 0.438. The fourth-order valence-corrected chi connectivity index (χ4v) is 2.74. The van der Waals surface area contributed by atoms with Gasteiger partial charge in [0.05, 0.1) is 18.8 Å². The SMILES string of the molecule is O=C(COc1cccc(F)c1)N1CCC(n2cc(CO)nn2)CC1. The first-order valence-electron chi connectivity index (χ1n) is 7.83. The molecular formula is C16H19FN4O3. The van der Waals surface area contributed by atoms with Gasteiger partial charge >= 0.3 is 0 Å². The van der Waals surface area contributed by atoms with Crippen LogP contribution in [0.2, 0.25) is 0 Å². The van der Waals surface area contributed by atoms with Crippen LogP contribution < -0.4 is 4.74 Å². The van der Waals surface area contributed by atoms with Crippen molar-refractivity contribution in [2.75, 3.05) is 19.7 Å². The van der Waals surface area contributed by atoms with Gasteiger partial charge in [-0.15, -0.1) is 5.10 Å². The minimum absolute atomic E-state index is 0.105. The first-order chi connectivity index (χ1) is 11.7. The fourth-order valence-electron chi connectivity index (χ4n) is 2.74. The number of ether oxygens (including phenoxy) is 1. The number of carbonyl (C=O) groups is 1. The number of likely N-dealkylation sites (tertiary alicyclic amines) is 1. The van der Waals surface area contributed by atoms with Crippen LogP contribution in [0.25, 0.3) is 0 Å². The van der Waals surface area contributed by atoms with E-state index in [1.165, 1.54) is 12.1 Å². The van der Waals surface area contributed by atoms with E-state index in [-0.39, 0.29) is 25.2 Å². The van der Waals surface area contributed by atoms with Crippen molar-refractivity contribution in [1.82, 2.24) is 19.9 Å². The van der Waals surface area contributed by atoms with E-state index in [1.807, 2.05) is 0 Å². The maximum atomic E-state index is 13.1. The number of aliphatic hydroxyl groups is 1. The Bertz CT molecular complexity index is 698. The summed E-state index contributed by atoms with van der Waals surface area (Å²) in [6.45, 7) is 0.968. The van der Waals surface area contributed by atoms with Crippen LogP contribution >= 0.6 is 0 Å². The summed E-state index contributed by atoms with van der Waals surface area (Å²) in [7, 11) is 0. The summed E-state index contributed by atoms with van der Waals surface area (Å²) in [5.74, 6) is -0.166. The Kier molecular flexibility index (Phi) is 5.05. The number of hydrogen-bond acceptors (Lipinski definition) is 5. The number of aromatic nitrogens is 3. The molecule has 24 heavy (non-hydrogen) atoms. The van der Waals surface area contributed by atoms with Crippen LogP contribution in [-0.2, 0) is 11.4 Å². The van der Waals surface area contributed by atoms with Crippen molar-refractivity contribution in [3.8, 4) is 5.75 Å². The molecular weight excluding hydrogens is 315 g/mol. The highest BCUT2D eigenvalue weighted by Gasteiger charge is 2.24. The second-order valence-electron chi connectivity index (χ2n) is 5.71. The molecule has 2 heterocycles. The van der Waals surface area contributed by atoms with E-state index in [0.29, 0.717) is 24.5 Å². The molecule has 0 atom stereocenters. The molecule has 1 aromatic carbocycles. The molecule has 1 fully saturated rings. The van der Waals surface area contributed by atoms with Crippen LogP contribution in [-0.4, -0.2) is 50.6 Å². The zero-order chi connectivity index (χ0) is 16.9. The molecule has 7 nitrogen and oxygen atoms in total. The number of amides is 1. The van der Waals surface area contributed by atoms with Crippen molar-refractivity contribution >= 4 is 5.91 Å². The summed E-state index contributed by atoms with van der Waals surface area (Å²) in [6, 6.07) is 5.91. The number of piperidine rings is 1. The summed E-state index contributed by atoms with van der Waals surface area (Å²) >= 11 is 0. The molecule has 3 rings (SSSR count). The number of carbonyl (C=O) groups excluding carboxylic acids is 1. The van der Waals surface area contributed by atoms with Gasteiger partial charge in [0.15, 0.2) is 6.61 Å². The van der Waals surface area contributed by atoms with Gasteiger partial charge in [0, 0.05) is 19.2 Å². The Morgan fingerprint density at radius 1 is 1.38 bits per heavy atom. The number of hydrogen-bond donors (Lipinski definition) is 1. The van der Waals surface area contributed by atoms with Crippen LogP contribution in [0.5, 0.6) is 5.75 Å². The number of aliphatic hydroxyl groups excluding tert-OH is 1. The van der Waals surface area contributed by atoms with Crippen LogP contribution in [0.1, 0.15) is 24.6 Å². The molecule has 128 valence electrons. The third-order valence-electron chi connectivity index (χ3n) is 4.07. The van der Waals surface area contributed by atoms with E-state index in [4.69, 9.17) is 9.84 Å². The lowest BCUT2D eigenvalue weighted by Gasteiger charge is -2.31. The molecule has 1 aromatic heterocycles. The highest BCUT2D eigenvalue weighted by atomic mass is 19.1. The predicted molar refractivity (Wildman–Crippen MR) is 82.7 cm³/mol. The largest absolute Gasteiger partial charge is 0.484 e. The summed E-state index contributed by atoms with van der Waals surface area (Å²) in [5.41, 5.74) is 0.539. The lowest BCUT2D eigenvalue weighted by Crippen LogP contribution is -2.41. The van der Waals surface area contributed by atoms with E-state index in [2.05, 4.69) is 10.3 Å². The molecule has 2 aromatic rings. The van der Waals surface area contributed by atoms with Crippen molar-refractivity contribution in [3.05, 3.63) is 42.0 Å². The van der Waals surface area contributed by atoms with Gasteiger partial charge in [-0.3, -0.25) is 4.79 Å². The van der Waals surface area contributed by atoms with E-state index in [9.17, 15) is 9.18 Å². The molecule has 0 radical (unpaired) electrons. The van der Waals surface area contributed by atoms with Gasteiger partial charge in [0.25, 0.3) is 5.91 Å². The molecule has 0 unspecified atom stereocenters. The highest BCUT2D eigenvalue weighted by molar-refractivity contribution is 5.77. The molecule has 0 aliphatic carbocycles. The zero-order valence-electron chi connectivity index (χ0n) is 13.1. The molecule has 0 saturated carbocycles. The average molecular weight is 334 g/mol. The Hall–Kier alpha value is -2.48. The summed E-state index contributed by atoms with van der Waals surface area (Å²) in [5, 5.41) is 16.9. The molecule has 0 bridgehead atoms. The van der Waals surface area contributed by atoms with Crippen molar-refractivity contribution in [3.63, 3.8) is 0 Å². The first kappa shape index (κ1) is 16.4. The van der Waals surface area contributed by atoms with Crippen LogP contribution in [0.3, 0.4) is 0 Å². The summed E-state index contributed by atoms with van der Waals surface area (Å²) < 4.78 is 20.2. The Balaban J connectivity index is 1.48. The molecule has 1 aliphatic rings. The Morgan fingerprint density at radius 3 is 2.83 bits per heavy atom. The monoisotopic (exact) mass is 334 g/mol. The Labute approximate surface area is 138 Å². The normalized spacial score (nSPS) is 15.5. The van der Waals surface area contributed by atoms with Crippen molar-refractivity contribution < 1.29 is 19.0 Å². The minimum Gasteiger partial charge on any atom is -0.484 e. The zero-order valence-corrected chi connectivity index (χ0v) is 13.1. The van der Waals surface area contributed by atoms with E-state index >= 15 is 0 Å². The van der Waals surface area contributed by atoms with Gasteiger partial charge in [-0.25, -0.2) is 9.07 Å². The summed E-state index contributed by atoms with van der Waals surface area (Å²) in [4.78, 5) is 13.9. The average Bonchev–Trinajstić information content (AvgIpc) is 3.09. The topological polar surface area (TPSA) is 80.5 Å². The van der Waals surface area contributed by atoms with Crippen molar-refractivity contribution in [2.45, 2.75) is 25.5 Å². The number of nitrogens with zero attached hydrogens (tertiary/aromatic N) is 4. The van der Waals surface area contributed by atoms with Gasteiger partial charge in [-0.05, 0) is 25.0 Å². The predicted octanol–water partition coefficient (Wildman–Crippen LogP) is 1.15. The third-order valence-corrected chi connectivity index (χ3v) is 4.07. The van der Waals surface area contributed by atoms with Gasteiger partial charge in [-0.2, -0.15) is 0 Å². The standard InChI is InChI=1S/C16H19FN4O3/c17-12-2-1-3-15(8-12)24-11-16(23)20-6-4-14(5-7-20)21-9-13(10-22)18-19-21/h1-3,8-9,14,22H,4-7,10-11H2. The quantitative estimate of drug-likeness (QED) is 0.887. The molecule has 8 heteroatoms. The van der Waals surface area contributed by atoms with Crippen LogP contribution in [0.4, 0.5) is 4.39 Å². The first-order valence-corrected chi connectivity index (χ1v) is 7.83. The lowest BCUT2D eigenvalue weighted by molar-refractivity contribution is -0.134. The third kappa shape index (κ3) is 3.88. The van der Waals surface area contributed by atoms with Gasteiger partial charge in [-0.1, -0.05) is 11.3 Å². The van der Waals surface area contributed by atoms with Crippen LogP contribution in [0, 0.1) is 5.82 Å². The van der Waals surface area contributed by atoms with E-state index < -0.39 is 5.82 Å². The number of rotatable bonds is 5.